The molecule has 2 atom stereocenters. The number of aliphatic hydroxyl groups is 1. The van der Waals surface area contributed by atoms with Crippen LogP contribution in [0.15, 0.2) is 24.3 Å². The van der Waals surface area contributed by atoms with Crippen molar-refractivity contribution >= 4 is 11.7 Å². The first kappa shape index (κ1) is 15.8. The summed E-state index contributed by atoms with van der Waals surface area (Å²) in [5, 5.41) is 22.8. The van der Waals surface area contributed by atoms with Crippen molar-refractivity contribution in [3.8, 4) is 11.8 Å². The molecule has 20 heavy (non-hydrogen) atoms. The summed E-state index contributed by atoms with van der Waals surface area (Å²) in [5.74, 6) is 0.558. The number of rotatable bonds is 6. The largest absolute Gasteiger partial charge is 0.479 e. The maximum absolute atomic E-state index is 11.7. The Hall–Kier alpha value is -2.26. The molecule has 0 saturated heterocycles. The summed E-state index contributed by atoms with van der Waals surface area (Å²) in [4.78, 5) is 11.7. The molecule has 0 heterocycles. The van der Waals surface area contributed by atoms with E-state index in [1.165, 1.54) is 0 Å². The third-order valence-corrected chi connectivity index (χ3v) is 2.92. The lowest BCUT2D eigenvalue weighted by atomic mass is 10.1. The number of carbonyl (C=O) groups excluding carboxylic acids is 1. The molecule has 2 unspecified atom stereocenters. The average Bonchev–Trinajstić information content (AvgIpc) is 2.45. The minimum Gasteiger partial charge on any atom is -0.479 e. The summed E-state index contributed by atoms with van der Waals surface area (Å²) < 4.78 is 5.11. The zero-order valence-corrected chi connectivity index (χ0v) is 11.6. The van der Waals surface area contributed by atoms with Gasteiger partial charge in [-0.25, -0.2) is 4.79 Å². The first-order chi connectivity index (χ1) is 9.56. The van der Waals surface area contributed by atoms with E-state index in [1.54, 1.807) is 24.3 Å². The third kappa shape index (κ3) is 5.16. The molecule has 3 N–H and O–H groups in total. The van der Waals surface area contributed by atoms with E-state index in [0.717, 1.165) is 0 Å². The molecule has 2 amide bonds. The normalized spacial score (nSPS) is 12.9. The van der Waals surface area contributed by atoms with Crippen molar-refractivity contribution in [2.24, 2.45) is 5.92 Å². The second kappa shape index (κ2) is 8.02. The number of hydrogen-bond acceptors (Lipinski definition) is 4. The van der Waals surface area contributed by atoms with Gasteiger partial charge in [-0.3, -0.25) is 0 Å². The Morgan fingerprint density at radius 3 is 2.60 bits per heavy atom. The molecular formula is C14H19N3O3. The Kier molecular flexibility index (Phi) is 6.33. The molecule has 0 aliphatic carbocycles. The summed E-state index contributed by atoms with van der Waals surface area (Å²) in [6.07, 6.45) is 0. The summed E-state index contributed by atoms with van der Waals surface area (Å²) in [6, 6.07) is 8.14. The molecule has 6 heteroatoms. The molecule has 0 spiro atoms. The molecule has 1 aromatic carbocycles. The number of aliphatic hydroxyl groups excluding tert-OH is 1. The highest BCUT2D eigenvalue weighted by Crippen LogP contribution is 2.15. The number of carbonyl (C=O) groups is 1. The van der Waals surface area contributed by atoms with Gasteiger partial charge in [-0.05, 0) is 37.1 Å². The number of nitrogens with zero attached hydrogens (tertiary/aromatic N) is 1. The molecule has 0 bridgehead atoms. The zero-order chi connectivity index (χ0) is 15.0. The van der Waals surface area contributed by atoms with Gasteiger partial charge in [-0.15, -0.1) is 0 Å². The molecule has 0 fully saturated rings. The van der Waals surface area contributed by atoms with Crippen LogP contribution in [0, 0.1) is 17.2 Å². The fourth-order valence-electron chi connectivity index (χ4n) is 1.42. The van der Waals surface area contributed by atoms with Crippen LogP contribution in [-0.4, -0.2) is 30.4 Å². The molecule has 1 rings (SSSR count). The van der Waals surface area contributed by atoms with Gasteiger partial charge >= 0.3 is 6.03 Å². The van der Waals surface area contributed by atoms with E-state index in [1.807, 2.05) is 19.9 Å². The highest BCUT2D eigenvalue weighted by molar-refractivity contribution is 5.89. The Morgan fingerprint density at radius 2 is 2.05 bits per heavy atom. The van der Waals surface area contributed by atoms with Crippen molar-refractivity contribution in [2.45, 2.75) is 19.9 Å². The predicted molar refractivity (Wildman–Crippen MR) is 75.4 cm³/mol. The van der Waals surface area contributed by atoms with E-state index in [4.69, 9.17) is 15.1 Å². The van der Waals surface area contributed by atoms with Gasteiger partial charge in [-0.1, -0.05) is 6.92 Å². The zero-order valence-electron chi connectivity index (χ0n) is 11.6. The van der Waals surface area contributed by atoms with Gasteiger partial charge in [-0.2, -0.15) is 5.26 Å². The maximum Gasteiger partial charge on any atom is 0.319 e. The van der Waals surface area contributed by atoms with E-state index >= 15 is 0 Å². The van der Waals surface area contributed by atoms with Crippen LogP contribution in [0.3, 0.4) is 0 Å². The monoisotopic (exact) mass is 277 g/mol. The van der Waals surface area contributed by atoms with Crippen LogP contribution in [0.4, 0.5) is 10.5 Å². The topological polar surface area (TPSA) is 94.4 Å². The molecule has 0 aliphatic heterocycles. The number of hydrogen-bond donors (Lipinski definition) is 3. The van der Waals surface area contributed by atoms with Gasteiger partial charge < -0.3 is 20.5 Å². The summed E-state index contributed by atoms with van der Waals surface area (Å²) in [7, 11) is 0. The van der Waals surface area contributed by atoms with E-state index in [2.05, 4.69) is 10.6 Å². The minimum absolute atomic E-state index is 0.0101. The van der Waals surface area contributed by atoms with Crippen LogP contribution in [0.1, 0.15) is 13.8 Å². The first-order valence-electron chi connectivity index (χ1n) is 6.35. The van der Waals surface area contributed by atoms with Gasteiger partial charge in [0.05, 0.1) is 0 Å². The Balaban J connectivity index is 2.48. The summed E-state index contributed by atoms with van der Waals surface area (Å²) >= 11 is 0. The average molecular weight is 277 g/mol. The van der Waals surface area contributed by atoms with Crippen molar-refractivity contribution in [1.29, 1.82) is 5.26 Å². The van der Waals surface area contributed by atoms with Crippen LogP contribution in [0.2, 0.25) is 0 Å². The van der Waals surface area contributed by atoms with E-state index < -0.39 is 0 Å². The number of benzene rings is 1. The number of urea groups is 1. The second-order valence-electron chi connectivity index (χ2n) is 4.52. The van der Waals surface area contributed by atoms with Crippen molar-refractivity contribution in [3.63, 3.8) is 0 Å². The fourth-order valence-corrected chi connectivity index (χ4v) is 1.42. The van der Waals surface area contributed by atoms with Crippen molar-refractivity contribution in [3.05, 3.63) is 24.3 Å². The Bertz CT molecular complexity index is 468. The lowest BCUT2D eigenvalue weighted by Gasteiger charge is -2.19. The minimum atomic E-state index is -0.330. The third-order valence-electron chi connectivity index (χ3n) is 2.92. The van der Waals surface area contributed by atoms with Gasteiger partial charge in [0.15, 0.2) is 6.61 Å². The fraction of sp³-hybridized carbons (Fsp3) is 0.429. The van der Waals surface area contributed by atoms with Crippen LogP contribution in [0.25, 0.3) is 0 Å². The molecule has 0 aliphatic rings. The molecule has 0 radical (unpaired) electrons. The van der Waals surface area contributed by atoms with E-state index in [9.17, 15) is 4.79 Å². The lowest BCUT2D eigenvalue weighted by molar-refractivity contribution is 0.204. The highest BCUT2D eigenvalue weighted by Gasteiger charge is 2.13. The number of nitriles is 1. The van der Waals surface area contributed by atoms with Crippen molar-refractivity contribution in [1.82, 2.24) is 5.32 Å². The standard InChI is InChI=1S/C14H19N3O3/c1-10(9-18)11(2)16-14(19)17-12-3-5-13(6-4-12)20-8-7-15/h3-6,10-11,18H,8-9H2,1-2H3,(H2,16,17,19). The summed E-state index contributed by atoms with van der Waals surface area (Å²) in [6.45, 7) is 3.70. The van der Waals surface area contributed by atoms with Crippen LogP contribution < -0.4 is 15.4 Å². The smallest absolute Gasteiger partial charge is 0.319 e. The van der Waals surface area contributed by atoms with Gasteiger partial charge in [0.25, 0.3) is 0 Å². The quantitative estimate of drug-likeness (QED) is 0.738. The van der Waals surface area contributed by atoms with Crippen LogP contribution in [0.5, 0.6) is 5.75 Å². The molecular weight excluding hydrogens is 258 g/mol. The SMILES string of the molecule is CC(CO)C(C)NC(=O)Nc1ccc(OCC#N)cc1. The van der Waals surface area contributed by atoms with E-state index in [0.29, 0.717) is 11.4 Å². The van der Waals surface area contributed by atoms with Crippen molar-refractivity contribution in [2.75, 3.05) is 18.5 Å². The molecule has 6 nitrogen and oxygen atoms in total. The number of nitrogens with one attached hydrogen (secondary N) is 2. The second-order valence-corrected chi connectivity index (χ2v) is 4.52. The number of amides is 2. The number of ether oxygens (including phenoxy) is 1. The van der Waals surface area contributed by atoms with Gasteiger partial charge in [0.2, 0.25) is 0 Å². The van der Waals surface area contributed by atoms with Crippen LogP contribution >= 0.6 is 0 Å². The maximum atomic E-state index is 11.7. The predicted octanol–water partition coefficient (Wildman–Crippen LogP) is 1.73. The Labute approximate surface area is 118 Å². The highest BCUT2D eigenvalue weighted by atomic mass is 16.5. The lowest BCUT2D eigenvalue weighted by Crippen LogP contribution is -2.40. The molecule has 0 saturated carbocycles. The van der Waals surface area contributed by atoms with Crippen LogP contribution in [-0.2, 0) is 0 Å². The van der Waals surface area contributed by atoms with Gasteiger partial charge in [0, 0.05) is 18.3 Å². The Morgan fingerprint density at radius 1 is 1.40 bits per heavy atom. The molecule has 108 valence electrons. The first-order valence-corrected chi connectivity index (χ1v) is 6.35. The number of anilines is 1. The van der Waals surface area contributed by atoms with Crippen molar-refractivity contribution < 1.29 is 14.6 Å². The van der Waals surface area contributed by atoms with E-state index in [-0.39, 0.29) is 31.2 Å². The molecule has 0 aromatic heterocycles. The van der Waals surface area contributed by atoms with Gasteiger partial charge in [0.1, 0.15) is 11.8 Å². The molecule has 1 aromatic rings. The summed E-state index contributed by atoms with van der Waals surface area (Å²) in [5.41, 5.74) is 0.621.